The van der Waals surface area contributed by atoms with Gasteiger partial charge in [0.25, 0.3) is 23.7 Å². The van der Waals surface area contributed by atoms with E-state index in [1.165, 1.54) is 19.2 Å². The van der Waals surface area contributed by atoms with E-state index in [2.05, 4.69) is 40.3 Å². The topological polar surface area (TPSA) is 189 Å². The first-order valence-electron chi connectivity index (χ1n) is 18.6. The van der Waals surface area contributed by atoms with E-state index in [1.807, 2.05) is 0 Å². The number of aryl methyl sites for hydroxylation is 1. The molecule has 16 nitrogen and oxygen atoms in total. The third-order valence-electron chi connectivity index (χ3n) is 10.6. The maximum atomic E-state index is 15.5. The highest BCUT2D eigenvalue weighted by Gasteiger charge is 2.67. The molecule has 5 heterocycles. The minimum Gasteiger partial charge on any atom is -0.344 e. The zero-order chi connectivity index (χ0) is 45.9. The van der Waals surface area contributed by atoms with Crippen molar-refractivity contribution in [3.63, 3.8) is 0 Å². The lowest BCUT2D eigenvalue weighted by atomic mass is 10.0. The number of sulfonamides is 1. The van der Waals surface area contributed by atoms with Crippen molar-refractivity contribution < 1.29 is 52.7 Å². The van der Waals surface area contributed by atoms with Crippen LogP contribution in [0, 0.1) is 17.6 Å². The number of fused-ring (bicyclic) bond motifs is 5. The molecule has 0 bridgehead atoms. The molecule has 2 N–H and O–H groups in total. The Bertz CT molecular complexity index is 3260. The number of hydrogen-bond donors (Lipinski definition) is 2. The molecule has 0 aliphatic heterocycles. The fourth-order valence-electron chi connectivity index (χ4n) is 8.08. The van der Waals surface area contributed by atoms with E-state index in [4.69, 9.17) is 11.6 Å². The van der Waals surface area contributed by atoms with Crippen LogP contribution in [0.5, 0.6) is 0 Å². The first kappa shape index (κ1) is 42.7. The van der Waals surface area contributed by atoms with Crippen LogP contribution in [0.1, 0.15) is 59.0 Å². The van der Waals surface area contributed by atoms with Crippen molar-refractivity contribution >= 4 is 55.3 Å². The number of amides is 1. The smallest absolute Gasteiger partial charge is 0.344 e. The average molecular weight is 941 g/mol. The van der Waals surface area contributed by atoms with Gasteiger partial charge < -0.3 is 5.32 Å². The molecule has 27 heteroatoms. The minimum absolute atomic E-state index is 0.0238. The Balaban J connectivity index is 1.26. The van der Waals surface area contributed by atoms with Crippen LogP contribution in [0.3, 0.4) is 0 Å². The van der Waals surface area contributed by atoms with E-state index in [0.29, 0.717) is 21.8 Å². The zero-order valence-corrected chi connectivity index (χ0v) is 33.9. The van der Waals surface area contributed by atoms with Crippen molar-refractivity contribution in [1.82, 2.24) is 54.2 Å². The molecule has 3 atom stereocenters. The van der Waals surface area contributed by atoms with Gasteiger partial charge in [-0.2, -0.15) is 32.1 Å². The Morgan fingerprint density at radius 3 is 2.41 bits per heavy atom. The summed E-state index contributed by atoms with van der Waals surface area (Å²) >= 11 is 6.56. The van der Waals surface area contributed by atoms with E-state index in [1.54, 1.807) is 0 Å². The van der Waals surface area contributed by atoms with Gasteiger partial charge >= 0.3 is 6.18 Å². The predicted molar refractivity (Wildman–Crippen MR) is 206 cm³/mol. The summed E-state index contributed by atoms with van der Waals surface area (Å²) in [6.07, 6.45) is -7.39. The van der Waals surface area contributed by atoms with Crippen LogP contribution in [0.2, 0.25) is 5.02 Å². The number of carbonyl (C=O) groups is 1. The number of nitrogens with zero attached hydrogens (tertiary/aromatic N) is 10. The van der Waals surface area contributed by atoms with Crippen molar-refractivity contribution in [2.75, 3.05) is 11.0 Å². The second-order valence-corrected chi connectivity index (χ2v) is 17.2. The molecule has 0 radical (unpaired) electrons. The van der Waals surface area contributed by atoms with Gasteiger partial charge in [0.1, 0.15) is 41.7 Å². The van der Waals surface area contributed by atoms with Gasteiger partial charge in [-0.05, 0) is 54.3 Å². The summed E-state index contributed by atoms with van der Waals surface area (Å²) in [6.45, 7) is -1.10. The molecule has 1 amide bonds. The summed E-state index contributed by atoms with van der Waals surface area (Å²) < 4.78 is 159. The van der Waals surface area contributed by atoms with Gasteiger partial charge in [-0.15, -0.1) is 5.10 Å². The fourth-order valence-corrected chi connectivity index (χ4v) is 8.82. The number of hydrogen-bond acceptors (Lipinski definition) is 10. The van der Waals surface area contributed by atoms with Gasteiger partial charge in [0.15, 0.2) is 17.3 Å². The van der Waals surface area contributed by atoms with Crippen LogP contribution in [0.25, 0.3) is 33.4 Å². The molecule has 0 spiro atoms. The molecule has 5 aromatic heterocycles. The van der Waals surface area contributed by atoms with Gasteiger partial charge in [0.05, 0.1) is 39.3 Å². The number of alkyl halides is 7. The van der Waals surface area contributed by atoms with Crippen molar-refractivity contribution in [2.24, 2.45) is 13.0 Å². The quantitative estimate of drug-likeness (QED) is 0.145. The lowest BCUT2D eigenvalue weighted by Gasteiger charge is -2.24. The summed E-state index contributed by atoms with van der Waals surface area (Å²) in [5, 5.41) is 13.4. The van der Waals surface area contributed by atoms with Crippen LogP contribution < -0.4 is 15.6 Å². The second-order valence-electron chi connectivity index (χ2n) is 15.1. The molecular weight excluding hydrogens is 915 g/mol. The molecule has 2 aromatic carbocycles. The normalized spacial score (nSPS) is 17.3. The summed E-state index contributed by atoms with van der Waals surface area (Å²) in [4.78, 5) is 41.0. The van der Waals surface area contributed by atoms with E-state index in [0.717, 1.165) is 39.8 Å². The molecule has 2 aliphatic carbocycles. The van der Waals surface area contributed by atoms with Crippen LogP contribution >= 0.6 is 11.6 Å². The second kappa shape index (κ2) is 14.7. The lowest BCUT2D eigenvalue weighted by molar-refractivity contribution is -0.144. The van der Waals surface area contributed by atoms with Gasteiger partial charge in [0.2, 0.25) is 15.9 Å². The van der Waals surface area contributed by atoms with Crippen LogP contribution in [-0.4, -0.2) is 69.4 Å². The maximum absolute atomic E-state index is 15.5. The molecule has 1 saturated carbocycles. The first-order chi connectivity index (χ1) is 30.0. The van der Waals surface area contributed by atoms with Gasteiger partial charge in [-0.3, -0.25) is 28.2 Å². The predicted octanol–water partition coefficient (Wildman–Crippen LogP) is 6.01. The Morgan fingerprint density at radius 2 is 1.75 bits per heavy atom. The number of carbonyl (C=O) groups excluding carboxylic acids is 1. The molecule has 7 aromatic rings. The van der Waals surface area contributed by atoms with Crippen LogP contribution in [-0.2, 0) is 46.9 Å². The molecule has 0 unspecified atom stereocenters. The average Bonchev–Trinajstić information content (AvgIpc) is 3.41. The fraction of sp³-hybridized carbons (Fsp3) is 0.297. The van der Waals surface area contributed by atoms with Crippen LogP contribution in [0.4, 0.5) is 45.3 Å². The molecule has 9 rings (SSSR count). The Labute approximate surface area is 356 Å². The zero-order valence-electron chi connectivity index (χ0n) is 32.3. The van der Waals surface area contributed by atoms with Gasteiger partial charge in [-0.25, -0.2) is 45.6 Å². The number of anilines is 1. The molecule has 1 fully saturated rings. The highest BCUT2D eigenvalue weighted by Crippen LogP contribution is 2.68. The van der Waals surface area contributed by atoms with E-state index in [-0.39, 0.29) is 56.2 Å². The number of benzene rings is 2. The number of aromatic nitrogens is 10. The third-order valence-corrected chi connectivity index (χ3v) is 11.5. The van der Waals surface area contributed by atoms with E-state index >= 15 is 8.78 Å². The largest absolute Gasteiger partial charge is 0.453 e. The van der Waals surface area contributed by atoms with Crippen molar-refractivity contribution in [2.45, 2.75) is 49.9 Å². The van der Waals surface area contributed by atoms with E-state index < -0.39 is 111 Å². The SMILES string of the molecule is Cn1nc(NS(C)(=O)=O)c2c(Cl)ccc(-n3c([C@H](Cc4cc(F)cc(F)c4)NC(=O)Cn4nc(C(F)F)c5c4C(F)(F)[C@@H]4C[C@H]54)nc4nc(-n5cnc(C(F)(F)F)n5)ccc4c3=O)c21. The molecular formula is C37H26ClF9N12O4S. The summed E-state index contributed by atoms with van der Waals surface area (Å²) in [5.74, 6) is -11.8. The van der Waals surface area contributed by atoms with E-state index in [9.17, 15) is 48.7 Å². The first-order valence-corrected chi connectivity index (χ1v) is 20.8. The van der Waals surface area contributed by atoms with Gasteiger partial charge in [0, 0.05) is 31.0 Å². The molecule has 0 saturated heterocycles. The number of pyridine rings is 1. The summed E-state index contributed by atoms with van der Waals surface area (Å²) in [6, 6.07) is 5.36. The maximum Gasteiger partial charge on any atom is 0.453 e. The number of nitrogens with one attached hydrogen (secondary N) is 2. The highest BCUT2D eigenvalue weighted by molar-refractivity contribution is 7.92. The highest BCUT2D eigenvalue weighted by atomic mass is 35.5. The number of rotatable bonds is 11. The summed E-state index contributed by atoms with van der Waals surface area (Å²) in [7, 11) is -2.63. The Morgan fingerprint density at radius 1 is 1.03 bits per heavy atom. The van der Waals surface area contributed by atoms with Gasteiger partial charge in [-0.1, -0.05) is 11.6 Å². The van der Waals surface area contributed by atoms with Crippen molar-refractivity contribution in [1.29, 1.82) is 0 Å². The van der Waals surface area contributed by atoms with Crippen molar-refractivity contribution in [3.8, 4) is 11.5 Å². The monoisotopic (exact) mass is 940 g/mol. The lowest BCUT2D eigenvalue weighted by Crippen LogP contribution is -2.38. The van der Waals surface area contributed by atoms with Crippen molar-refractivity contribution in [3.05, 3.63) is 110 Å². The summed E-state index contributed by atoms with van der Waals surface area (Å²) in [5.41, 5.74) is -3.97. The molecule has 2 aliphatic rings. The Kier molecular flexibility index (Phi) is 9.84. The number of halogens is 10. The van der Waals surface area contributed by atoms with Crippen LogP contribution in [0.15, 0.2) is 53.6 Å². The molecule has 64 heavy (non-hydrogen) atoms. The standard InChI is InChI=1S/C37H26ClF9N12O4S/c1-56-28-22(5-4-20(38)26(28)32(53-56)55-64(2,62)63)59-33(51-31-17(34(59)61)3-6-23(50-31)58-13-48-35(54-58)37(45,46)47)21(9-14-7-15(39)10-16(40)8-14)49-24(60)12-57-29-25(27(52-57)30(41)42)18-11-19(18)36(29,43)44/h3-8,10,13,18-19,21,30H,9,11-12H2,1-2H3,(H,49,60)(H,53,55)/t18-,19+,21-/m0/s1. The molecule has 334 valence electrons. The minimum atomic E-state index is -4.96. The third kappa shape index (κ3) is 7.35. The Hall–Kier alpha value is -6.57.